The van der Waals surface area contributed by atoms with Crippen molar-refractivity contribution in [2.75, 3.05) is 19.7 Å². The topological polar surface area (TPSA) is 114 Å². The fraction of sp³-hybridized carbons (Fsp3) is 0.278. The highest BCUT2D eigenvalue weighted by Crippen LogP contribution is 2.35. The summed E-state index contributed by atoms with van der Waals surface area (Å²) in [6.45, 7) is 1.36. The monoisotopic (exact) mass is 499 g/mol. The number of nitrogens with one attached hydrogen (secondary N) is 1. The zero-order valence-corrected chi connectivity index (χ0v) is 17.5. The van der Waals surface area contributed by atoms with Crippen LogP contribution < -0.4 is 15.8 Å². The Morgan fingerprint density at radius 2 is 2.00 bits per heavy atom. The van der Waals surface area contributed by atoms with Gasteiger partial charge in [-0.05, 0) is 74.5 Å². The first-order chi connectivity index (χ1) is 12.9. The molecule has 1 aromatic carbocycles. The maximum absolute atomic E-state index is 11.5. The average Bonchev–Trinajstić information content (AvgIpc) is 2.91. The number of carbonyl (C=O) groups is 2. The van der Waals surface area contributed by atoms with Gasteiger partial charge in [0.25, 0.3) is 0 Å². The van der Waals surface area contributed by atoms with Crippen molar-refractivity contribution in [1.29, 1.82) is 0 Å². The normalized spacial score (nSPS) is 13.6. The third-order valence-electron chi connectivity index (χ3n) is 3.61. The molecule has 0 fully saturated rings. The Labute approximate surface area is 173 Å². The highest BCUT2D eigenvalue weighted by molar-refractivity contribution is 9.11. The Morgan fingerprint density at radius 3 is 2.59 bits per heavy atom. The molecule has 2 rings (SSSR count). The number of carbonyl (C=O) groups excluding carboxylic acids is 2. The van der Waals surface area contributed by atoms with E-state index in [9.17, 15) is 14.7 Å². The van der Waals surface area contributed by atoms with E-state index in [1.807, 2.05) is 12.1 Å². The number of aliphatic imine (C=N–C) groups is 1. The Morgan fingerprint density at radius 1 is 1.30 bits per heavy atom. The molecule has 0 bridgehead atoms. The van der Waals surface area contributed by atoms with Gasteiger partial charge in [0.15, 0.2) is 5.78 Å². The van der Waals surface area contributed by atoms with Gasteiger partial charge in [0.1, 0.15) is 11.5 Å². The van der Waals surface area contributed by atoms with Crippen LogP contribution in [-0.2, 0) is 11.2 Å². The number of benzene rings is 1. The van der Waals surface area contributed by atoms with Crippen molar-refractivity contribution in [1.82, 2.24) is 5.32 Å². The van der Waals surface area contributed by atoms with Gasteiger partial charge < -0.3 is 20.9 Å². The summed E-state index contributed by atoms with van der Waals surface area (Å²) >= 11 is 6.98. The van der Waals surface area contributed by atoms with Crippen LogP contribution in [0, 0.1) is 0 Å². The van der Waals surface area contributed by atoms with Crippen molar-refractivity contribution in [2.45, 2.75) is 12.8 Å². The van der Waals surface area contributed by atoms with Crippen molar-refractivity contribution >= 4 is 49.9 Å². The van der Waals surface area contributed by atoms with Crippen molar-refractivity contribution in [3.05, 3.63) is 50.1 Å². The lowest BCUT2D eigenvalue weighted by Gasteiger charge is -2.12. The fourth-order valence-electron chi connectivity index (χ4n) is 2.29. The highest BCUT2D eigenvalue weighted by Gasteiger charge is 2.14. The van der Waals surface area contributed by atoms with Crippen LogP contribution in [0.1, 0.15) is 12.0 Å². The van der Waals surface area contributed by atoms with Gasteiger partial charge in [0.05, 0.1) is 21.1 Å². The van der Waals surface area contributed by atoms with Gasteiger partial charge in [-0.1, -0.05) is 0 Å². The van der Waals surface area contributed by atoms with E-state index in [1.54, 1.807) is 0 Å². The number of aliphatic hydroxyl groups is 1. The first-order valence-corrected chi connectivity index (χ1v) is 9.76. The Balaban J connectivity index is 1.85. The molecule has 0 aliphatic heterocycles. The van der Waals surface area contributed by atoms with Crippen LogP contribution in [0.15, 0.2) is 49.6 Å². The molecule has 9 heteroatoms. The fourth-order valence-corrected chi connectivity index (χ4v) is 3.80. The molecule has 27 heavy (non-hydrogen) atoms. The molecule has 0 saturated heterocycles. The lowest BCUT2D eigenvalue weighted by atomic mass is 10.1. The number of nitrogens with two attached hydrogens (primary N) is 1. The molecular weight excluding hydrogens is 482 g/mol. The summed E-state index contributed by atoms with van der Waals surface area (Å²) in [6, 6.07) is 3.33. The molecule has 7 nitrogen and oxygen atoms in total. The predicted octanol–water partition coefficient (Wildman–Crippen LogP) is 3.21. The minimum absolute atomic E-state index is 0.0539. The van der Waals surface area contributed by atoms with Gasteiger partial charge in [-0.2, -0.15) is 0 Å². The molecule has 0 unspecified atom stereocenters. The number of nitrogens with zero attached hydrogens (tertiary/aromatic N) is 1. The zero-order valence-electron chi connectivity index (χ0n) is 14.4. The molecule has 1 aliphatic carbocycles. The Bertz CT molecular complexity index is 796. The number of aliphatic hydroxyl groups excluding tert-OH is 1. The molecule has 0 heterocycles. The van der Waals surface area contributed by atoms with Gasteiger partial charge >= 0.3 is 6.03 Å². The second-order valence-electron chi connectivity index (χ2n) is 5.66. The second-order valence-corrected chi connectivity index (χ2v) is 7.37. The molecule has 0 radical (unpaired) electrons. The quantitative estimate of drug-likeness (QED) is 0.356. The van der Waals surface area contributed by atoms with Gasteiger partial charge in [-0.15, -0.1) is 0 Å². The predicted molar refractivity (Wildman–Crippen MR) is 110 cm³/mol. The van der Waals surface area contributed by atoms with Gasteiger partial charge in [0.2, 0.25) is 0 Å². The second kappa shape index (κ2) is 10.3. The minimum atomic E-state index is -0.551. The smallest absolute Gasteiger partial charge is 0.312 e. The first kappa shape index (κ1) is 21.2. The number of allylic oxidation sites excluding steroid dienone is 3. The first-order valence-electron chi connectivity index (χ1n) is 8.18. The number of hydrogen-bond donors (Lipinski definition) is 3. The van der Waals surface area contributed by atoms with Crippen LogP contribution in [-0.4, -0.2) is 42.8 Å². The maximum atomic E-state index is 11.5. The summed E-state index contributed by atoms with van der Waals surface area (Å²) < 4.78 is 7.33. The number of ether oxygens (including phenoxy) is 1. The molecule has 2 amide bonds. The number of primary amides is 1. The van der Waals surface area contributed by atoms with Crippen LogP contribution in [0.25, 0.3) is 0 Å². The third-order valence-corrected chi connectivity index (χ3v) is 4.79. The van der Waals surface area contributed by atoms with E-state index in [0.29, 0.717) is 38.3 Å². The number of hydrogen-bond acceptors (Lipinski definition) is 5. The number of ketones is 1. The van der Waals surface area contributed by atoms with E-state index >= 15 is 0 Å². The van der Waals surface area contributed by atoms with Crippen molar-refractivity contribution in [2.24, 2.45) is 10.7 Å². The average molecular weight is 501 g/mol. The van der Waals surface area contributed by atoms with Crippen LogP contribution >= 0.6 is 31.9 Å². The summed E-state index contributed by atoms with van der Waals surface area (Å²) in [6.07, 6.45) is 5.37. The van der Waals surface area contributed by atoms with E-state index in [0.717, 1.165) is 14.5 Å². The van der Waals surface area contributed by atoms with E-state index in [4.69, 9.17) is 10.5 Å². The van der Waals surface area contributed by atoms with E-state index in [1.165, 1.54) is 18.4 Å². The molecule has 1 aliphatic rings. The standard InChI is InChI=1S/C18H19Br2N3O4/c19-13-8-11(4-6-22-10-12-15(24)2-3-16(12)25)9-14(20)17(13)27-7-1-5-23-18(21)26/h2-3,8-10,24H,1,4-7H2,(H3,21,23,26). The van der Waals surface area contributed by atoms with Gasteiger partial charge in [0, 0.05) is 19.3 Å². The van der Waals surface area contributed by atoms with Crippen molar-refractivity contribution < 1.29 is 19.4 Å². The molecular formula is C18H19Br2N3O4. The lowest BCUT2D eigenvalue weighted by molar-refractivity contribution is -0.110. The van der Waals surface area contributed by atoms with E-state index in [-0.39, 0.29) is 17.1 Å². The van der Waals surface area contributed by atoms with Crippen LogP contribution in [0.4, 0.5) is 4.79 Å². The molecule has 1 aromatic rings. The lowest BCUT2D eigenvalue weighted by Crippen LogP contribution is -2.30. The minimum Gasteiger partial charge on any atom is -0.507 e. The maximum Gasteiger partial charge on any atom is 0.312 e. The van der Waals surface area contributed by atoms with E-state index in [2.05, 4.69) is 42.2 Å². The van der Waals surface area contributed by atoms with Crippen LogP contribution in [0.3, 0.4) is 0 Å². The van der Waals surface area contributed by atoms with Crippen LogP contribution in [0.5, 0.6) is 5.75 Å². The van der Waals surface area contributed by atoms with Crippen LogP contribution in [0.2, 0.25) is 0 Å². The summed E-state index contributed by atoms with van der Waals surface area (Å²) in [5.74, 6) is 0.384. The summed E-state index contributed by atoms with van der Waals surface area (Å²) in [7, 11) is 0. The highest BCUT2D eigenvalue weighted by atomic mass is 79.9. The van der Waals surface area contributed by atoms with Crippen molar-refractivity contribution in [3.63, 3.8) is 0 Å². The molecule has 4 N–H and O–H groups in total. The number of amides is 2. The Hall–Kier alpha value is -2.13. The zero-order chi connectivity index (χ0) is 19.8. The number of rotatable bonds is 9. The van der Waals surface area contributed by atoms with Gasteiger partial charge in [-0.3, -0.25) is 9.79 Å². The van der Waals surface area contributed by atoms with E-state index < -0.39 is 6.03 Å². The molecule has 0 saturated carbocycles. The molecule has 144 valence electrons. The summed E-state index contributed by atoms with van der Waals surface area (Å²) in [4.78, 5) is 26.3. The molecule has 0 spiro atoms. The largest absolute Gasteiger partial charge is 0.507 e. The van der Waals surface area contributed by atoms with Gasteiger partial charge in [-0.25, -0.2) is 4.79 Å². The number of halogens is 2. The number of urea groups is 1. The molecule has 0 atom stereocenters. The summed E-state index contributed by atoms with van der Waals surface area (Å²) in [5, 5.41) is 12.0. The molecule has 0 aromatic heterocycles. The summed E-state index contributed by atoms with van der Waals surface area (Å²) in [5.41, 5.74) is 6.24. The SMILES string of the molecule is NC(=O)NCCCOc1c(Br)cc(CCN=CC2=C(O)C=CC2=O)cc1Br. The van der Waals surface area contributed by atoms with Crippen molar-refractivity contribution in [3.8, 4) is 5.75 Å². The Kier molecular flexibility index (Phi) is 8.05. The third kappa shape index (κ3) is 6.51.